The molecule has 0 saturated carbocycles. The summed E-state index contributed by atoms with van der Waals surface area (Å²) in [5.41, 5.74) is 1.16. The van der Waals surface area contributed by atoms with Crippen LogP contribution in [-0.4, -0.2) is 7.11 Å². The number of para-hydroxylation sites is 1. The van der Waals surface area contributed by atoms with Crippen molar-refractivity contribution < 1.29 is 9.15 Å². The van der Waals surface area contributed by atoms with Crippen molar-refractivity contribution in [3.05, 3.63) is 30.0 Å². The van der Waals surface area contributed by atoms with Gasteiger partial charge >= 0.3 is 0 Å². The van der Waals surface area contributed by atoms with E-state index in [1.807, 2.05) is 12.1 Å². The quantitative estimate of drug-likeness (QED) is 0.664. The van der Waals surface area contributed by atoms with Gasteiger partial charge in [0.1, 0.15) is 12.3 Å². The van der Waals surface area contributed by atoms with Crippen LogP contribution < -0.4 is 4.74 Å². The van der Waals surface area contributed by atoms with E-state index in [-0.39, 0.29) is 0 Å². The minimum Gasteiger partial charge on any atom is -0.493 e. The summed E-state index contributed by atoms with van der Waals surface area (Å²) in [5, 5.41) is 9.53. The predicted molar refractivity (Wildman–Crippen MR) is 47.5 cm³/mol. The van der Waals surface area contributed by atoms with Gasteiger partial charge in [0.2, 0.25) is 0 Å². The predicted octanol–water partition coefficient (Wildman–Crippen LogP) is 2.31. The number of hydrogen-bond donors (Lipinski definition) is 0. The SMILES string of the molecule is COc1cccc2c(C#N)coc12. The van der Waals surface area contributed by atoms with Gasteiger partial charge in [0.15, 0.2) is 11.3 Å². The van der Waals surface area contributed by atoms with Crippen LogP contribution in [0.25, 0.3) is 11.0 Å². The Balaban J connectivity index is 2.81. The maximum atomic E-state index is 8.74. The fourth-order valence-corrected chi connectivity index (χ4v) is 1.28. The third-order valence-corrected chi connectivity index (χ3v) is 1.90. The number of hydrogen-bond acceptors (Lipinski definition) is 3. The van der Waals surface area contributed by atoms with Gasteiger partial charge in [-0.05, 0) is 12.1 Å². The van der Waals surface area contributed by atoms with Crippen LogP contribution in [0.2, 0.25) is 0 Å². The Morgan fingerprint density at radius 3 is 3.00 bits per heavy atom. The zero-order valence-electron chi connectivity index (χ0n) is 7.07. The van der Waals surface area contributed by atoms with Crippen molar-refractivity contribution in [2.75, 3.05) is 7.11 Å². The molecule has 3 heteroatoms. The number of ether oxygens (including phenoxy) is 1. The average Bonchev–Trinajstić information content (AvgIpc) is 2.60. The van der Waals surface area contributed by atoms with Gasteiger partial charge < -0.3 is 9.15 Å². The smallest absolute Gasteiger partial charge is 0.177 e. The largest absolute Gasteiger partial charge is 0.493 e. The number of nitrogens with zero attached hydrogens (tertiary/aromatic N) is 1. The summed E-state index contributed by atoms with van der Waals surface area (Å²) < 4.78 is 10.3. The highest BCUT2D eigenvalue weighted by atomic mass is 16.5. The summed E-state index contributed by atoms with van der Waals surface area (Å²) in [7, 11) is 1.57. The number of rotatable bonds is 1. The van der Waals surface area contributed by atoms with Gasteiger partial charge in [0.25, 0.3) is 0 Å². The van der Waals surface area contributed by atoms with E-state index in [0.717, 1.165) is 5.39 Å². The van der Waals surface area contributed by atoms with E-state index in [2.05, 4.69) is 6.07 Å². The molecule has 0 saturated heterocycles. The van der Waals surface area contributed by atoms with E-state index >= 15 is 0 Å². The molecule has 0 aliphatic carbocycles. The molecule has 2 aromatic rings. The fraction of sp³-hybridized carbons (Fsp3) is 0.100. The minimum atomic E-state index is 0.536. The summed E-state index contributed by atoms with van der Waals surface area (Å²) in [4.78, 5) is 0. The van der Waals surface area contributed by atoms with Crippen LogP contribution in [0.3, 0.4) is 0 Å². The molecule has 64 valence electrons. The second-order valence-electron chi connectivity index (χ2n) is 2.60. The highest BCUT2D eigenvalue weighted by Gasteiger charge is 2.08. The molecule has 0 bridgehead atoms. The van der Waals surface area contributed by atoms with E-state index in [4.69, 9.17) is 14.4 Å². The van der Waals surface area contributed by atoms with Crippen LogP contribution in [0.4, 0.5) is 0 Å². The van der Waals surface area contributed by atoms with Crippen molar-refractivity contribution >= 4 is 11.0 Å². The second-order valence-corrected chi connectivity index (χ2v) is 2.60. The van der Waals surface area contributed by atoms with Crippen molar-refractivity contribution in [1.82, 2.24) is 0 Å². The highest BCUT2D eigenvalue weighted by molar-refractivity contribution is 5.88. The maximum Gasteiger partial charge on any atom is 0.177 e. The van der Waals surface area contributed by atoms with Gasteiger partial charge in [-0.2, -0.15) is 5.26 Å². The highest BCUT2D eigenvalue weighted by Crippen LogP contribution is 2.28. The van der Waals surface area contributed by atoms with Crippen molar-refractivity contribution in [1.29, 1.82) is 5.26 Å². The minimum absolute atomic E-state index is 0.536. The molecule has 0 aliphatic heterocycles. The maximum absolute atomic E-state index is 8.74. The molecule has 0 aliphatic rings. The Morgan fingerprint density at radius 2 is 2.31 bits per heavy atom. The van der Waals surface area contributed by atoms with Crippen LogP contribution in [0.15, 0.2) is 28.9 Å². The number of methoxy groups -OCH3 is 1. The summed E-state index contributed by atoms with van der Waals surface area (Å²) in [6, 6.07) is 7.51. The molecule has 13 heavy (non-hydrogen) atoms. The van der Waals surface area contributed by atoms with Crippen LogP contribution in [-0.2, 0) is 0 Å². The summed E-state index contributed by atoms with van der Waals surface area (Å²) in [6.45, 7) is 0. The monoisotopic (exact) mass is 173 g/mol. The Hall–Kier alpha value is -1.95. The molecular formula is C10H7NO2. The zero-order chi connectivity index (χ0) is 9.26. The zero-order valence-corrected chi connectivity index (χ0v) is 7.07. The molecule has 0 spiro atoms. The molecule has 0 N–H and O–H groups in total. The molecule has 0 amide bonds. The van der Waals surface area contributed by atoms with Crippen LogP contribution in [0.1, 0.15) is 5.56 Å². The van der Waals surface area contributed by atoms with E-state index in [9.17, 15) is 0 Å². The lowest BCUT2D eigenvalue weighted by atomic mass is 10.2. The van der Waals surface area contributed by atoms with Gasteiger partial charge in [0.05, 0.1) is 12.7 Å². The lowest BCUT2D eigenvalue weighted by Crippen LogP contribution is -1.81. The molecule has 0 fully saturated rings. The van der Waals surface area contributed by atoms with E-state index in [0.29, 0.717) is 16.9 Å². The first-order chi connectivity index (χ1) is 6.36. The van der Waals surface area contributed by atoms with Crippen molar-refractivity contribution in [2.45, 2.75) is 0 Å². The molecule has 1 aromatic heterocycles. The first-order valence-corrected chi connectivity index (χ1v) is 3.81. The Bertz CT molecular complexity index is 479. The average molecular weight is 173 g/mol. The first-order valence-electron chi connectivity index (χ1n) is 3.81. The van der Waals surface area contributed by atoms with Crippen molar-refractivity contribution in [3.63, 3.8) is 0 Å². The first kappa shape index (κ1) is 7.69. The number of benzene rings is 1. The van der Waals surface area contributed by atoms with E-state index in [1.54, 1.807) is 13.2 Å². The van der Waals surface area contributed by atoms with E-state index in [1.165, 1.54) is 6.26 Å². The van der Waals surface area contributed by atoms with Crippen LogP contribution in [0, 0.1) is 11.3 Å². The van der Waals surface area contributed by atoms with E-state index < -0.39 is 0 Å². The second kappa shape index (κ2) is 2.83. The molecule has 0 atom stereocenters. The van der Waals surface area contributed by atoms with Crippen molar-refractivity contribution in [2.24, 2.45) is 0 Å². The van der Waals surface area contributed by atoms with Crippen LogP contribution in [0.5, 0.6) is 5.75 Å². The molecule has 0 radical (unpaired) electrons. The van der Waals surface area contributed by atoms with Crippen LogP contribution >= 0.6 is 0 Å². The molecule has 0 unspecified atom stereocenters. The lowest BCUT2D eigenvalue weighted by Gasteiger charge is -1.98. The van der Waals surface area contributed by atoms with Gasteiger partial charge in [-0.3, -0.25) is 0 Å². The molecule has 2 rings (SSSR count). The molecular weight excluding hydrogens is 166 g/mol. The summed E-state index contributed by atoms with van der Waals surface area (Å²) in [5.74, 6) is 0.652. The van der Waals surface area contributed by atoms with Crippen molar-refractivity contribution in [3.8, 4) is 11.8 Å². The molecule has 1 aromatic carbocycles. The Kier molecular flexibility index (Phi) is 1.67. The van der Waals surface area contributed by atoms with Gasteiger partial charge in [0, 0.05) is 5.39 Å². The number of fused-ring (bicyclic) bond motifs is 1. The Morgan fingerprint density at radius 1 is 1.46 bits per heavy atom. The third kappa shape index (κ3) is 1.04. The van der Waals surface area contributed by atoms with Gasteiger partial charge in [-0.25, -0.2) is 0 Å². The normalized spacial score (nSPS) is 9.85. The fourth-order valence-electron chi connectivity index (χ4n) is 1.28. The third-order valence-electron chi connectivity index (χ3n) is 1.90. The number of nitriles is 1. The molecule has 1 heterocycles. The standard InChI is InChI=1S/C10H7NO2/c1-12-9-4-2-3-8-7(5-11)6-13-10(8)9/h2-4,6H,1H3. The summed E-state index contributed by atoms with van der Waals surface area (Å²) >= 11 is 0. The molecule has 3 nitrogen and oxygen atoms in total. The van der Waals surface area contributed by atoms with Gasteiger partial charge in [-0.15, -0.1) is 0 Å². The Labute approximate surface area is 75.1 Å². The van der Waals surface area contributed by atoms with Gasteiger partial charge in [-0.1, -0.05) is 6.07 Å². The topological polar surface area (TPSA) is 46.2 Å². The lowest BCUT2D eigenvalue weighted by molar-refractivity contribution is 0.410. The number of furan rings is 1. The summed E-state index contributed by atoms with van der Waals surface area (Å²) in [6.07, 6.45) is 1.44.